The summed E-state index contributed by atoms with van der Waals surface area (Å²) in [6.45, 7) is 2.87. The van der Waals surface area contributed by atoms with Crippen LogP contribution in [-0.2, 0) is 14.3 Å². The number of hydrogen-bond donors (Lipinski definition) is 0. The van der Waals surface area contributed by atoms with Gasteiger partial charge in [0, 0.05) is 13.1 Å². The van der Waals surface area contributed by atoms with Crippen molar-refractivity contribution in [2.45, 2.75) is 19.9 Å². The summed E-state index contributed by atoms with van der Waals surface area (Å²) in [5, 5.41) is 4.42. The van der Waals surface area contributed by atoms with Crippen molar-refractivity contribution < 1.29 is 23.6 Å². The minimum Gasteiger partial charge on any atom is -0.463 e. The fourth-order valence-corrected chi connectivity index (χ4v) is 3.34. The number of esters is 1. The Morgan fingerprint density at radius 1 is 1.30 bits per heavy atom. The van der Waals surface area contributed by atoms with Gasteiger partial charge in [-0.25, -0.2) is 9.78 Å². The fourth-order valence-electron chi connectivity index (χ4n) is 2.28. The predicted molar refractivity (Wildman–Crippen MR) is 98.5 cm³/mol. The van der Waals surface area contributed by atoms with Crippen LogP contribution in [0.2, 0.25) is 0 Å². The number of ether oxygens (including phenoxy) is 2. The van der Waals surface area contributed by atoms with Crippen LogP contribution in [-0.4, -0.2) is 47.2 Å². The lowest BCUT2D eigenvalue weighted by Crippen LogP contribution is -2.34. The van der Waals surface area contributed by atoms with Crippen LogP contribution in [0.25, 0.3) is 10.2 Å². The Bertz CT molecular complexity index is 918. The molecule has 1 aromatic carbocycles. The number of fused-ring (bicyclic) bond motifs is 1. The molecule has 0 aliphatic heterocycles. The van der Waals surface area contributed by atoms with Gasteiger partial charge in [-0.05, 0) is 31.1 Å². The molecule has 3 rings (SSSR count). The SMILES string of the molecule is Cc1cc(OCC(=O)OCC(=O)N(C)[C@@H](C)c2nc3ccccc3s2)no1. The van der Waals surface area contributed by atoms with Gasteiger partial charge in [0.2, 0.25) is 0 Å². The number of carbonyl (C=O) groups excluding carboxylic acids is 2. The molecule has 0 aliphatic rings. The summed E-state index contributed by atoms with van der Waals surface area (Å²) < 4.78 is 16.0. The van der Waals surface area contributed by atoms with Crippen LogP contribution in [0.5, 0.6) is 5.88 Å². The molecule has 1 atom stereocenters. The lowest BCUT2D eigenvalue weighted by Gasteiger charge is -2.23. The molecule has 3 aromatic rings. The van der Waals surface area contributed by atoms with Crippen molar-refractivity contribution in [3.8, 4) is 5.88 Å². The standard InChI is InChI=1S/C18H19N3O5S/c1-11-8-15(20-26-11)24-10-17(23)25-9-16(22)21(3)12(2)18-19-13-6-4-5-7-14(13)27-18/h4-8,12H,9-10H2,1-3H3/t12-/m0/s1. The van der Waals surface area contributed by atoms with E-state index in [1.54, 1.807) is 20.0 Å². The van der Waals surface area contributed by atoms with Gasteiger partial charge < -0.3 is 18.9 Å². The summed E-state index contributed by atoms with van der Waals surface area (Å²) in [7, 11) is 1.65. The van der Waals surface area contributed by atoms with Crippen molar-refractivity contribution in [3.05, 3.63) is 41.1 Å². The van der Waals surface area contributed by atoms with Gasteiger partial charge in [0.25, 0.3) is 11.8 Å². The van der Waals surface area contributed by atoms with E-state index in [1.165, 1.54) is 16.2 Å². The Morgan fingerprint density at radius 2 is 2.07 bits per heavy atom. The zero-order valence-corrected chi connectivity index (χ0v) is 16.0. The smallest absolute Gasteiger partial charge is 0.344 e. The molecule has 8 nitrogen and oxygen atoms in total. The van der Waals surface area contributed by atoms with E-state index < -0.39 is 5.97 Å². The Hall–Kier alpha value is -2.94. The quantitative estimate of drug-likeness (QED) is 0.573. The highest BCUT2D eigenvalue weighted by molar-refractivity contribution is 7.18. The van der Waals surface area contributed by atoms with Gasteiger partial charge in [-0.15, -0.1) is 11.3 Å². The summed E-state index contributed by atoms with van der Waals surface area (Å²) in [6.07, 6.45) is 0. The monoisotopic (exact) mass is 389 g/mol. The molecule has 0 saturated carbocycles. The summed E-state index contributed by atoms with van der Waals surface area (Å²) in [5.74, 6) is -0.228. The molecule has 0 saturated heterocycles. The van der Waals surface area contributed by atoms with E-state index in [4.69, 9.17) is 14.0 Å². The molecule has 0 unspecified atom stereocenters. The number of aryl methyl sites for hydroxylation is 1. The van der Waals surface area contributed by atoms with E-state index in [2.05, 4.69) is 10.1 Å². The maximum absolute atomic E-state index is 12.3. The van der Waals surface area contributed by atoms with E-state index in [0.29, 0.717) is 5.76 Å². The number of rotatable bonds is 7. The molecule has 0 radical (unpaired) electrons. The number of para-hydroxylation sites is 1. The van der Waals surface area contributed by atoms with Gasteiger partial charge in [-0.1, -0.05) is 12.1 Å². The second-order valence-electron chi connectivity index (χ2n) is 5.93. The molecule has 0 fully saturated rings. The Morgan fingerprint density at radius 3 is 2.78 bits per heavy atom. The number of likely N-dealkylation sites (N-methyl/N-ethyl adjacent to an activating group) is 1. The first-order valence-electron chi connectivity index (χ1n) is 8.27. The van der Waals surface area contributed by atoms with Crippen LogP contribution in [0.3, 0.4) is 0 Å². The highest BCUT2D eigenvalue weighted by atomic mass is 32.1. The third kappa shape index (κ3) is 4.62. The van der Waals surface area contributed by atoms with Gasteiger partial charge in [-0.3, -0.25) is 4.79 Å². The largest absolute Gasteiger partial charge is 0.463 e. The lowest BCUT2D eigenvalue weighted by atomic mass is 10.3. The van der Waals surface area contributed by atoms with E-state index in [0.717, 1.165) is 15.2 Å². The Labute approximate surface area is 159 Å². The van der Waals surface area contributed by atoms with E-state index >= 15 is 0 Å². The van der Waals surface area contributed by atoms with Crippen LogP contribution >= 0.6 is 11.3 Å². The molecule has 2 heterocycles. The highest BCUT2D eigenvalue weighted by Crippen LogP contribution is 2.28. The molecule has 9 heteroatoms. The Balaban J connectivity index is 1.49. The van der Waals surface area contributed by atoms with Crippen molar-refractivity contribution in [3.63, 3.8) is 0 Å². The first-order valence-corrected chi connectivity index (χ1v) is 9.08. The number of aromatic nitrogens is 2. The molecular weight excluding hydrogens is 370 g/mol. The maximum atomic E-state index is 12.3. The molecule has 0 bridgehead atoms. The molecule has 0 aliphatic carbocycles. The maximum Gasteiger partial charge on any atom is 0.344 e. The van der Waals surface area contributed by atoms with Crippen LogP contribution in [0.1, 0.15) is 23.7 Å². The molecule has 0 spiro atoms. The van der Waals surface area contributed by atoms with Crippen LogP contribution in [0.15, 0.2) is 34.9 Å². The first kappa shape index (κ1) is 18.8. The molecule has 0 N–H and O–H groups in total. The summed E-state index contributed by atoms with van der Waals surface area (Å²) in [5.41, 5.74) is 0.900. The number of nitrogens with zero attached hydrogens (tertiary/aromatic N) is 3. The zero-order chi connectivity index (χ0) is 19.4. The second-order valence-corrected chi connectivity index (χ2v) is 6.99. The lowest BCUT2D eigenvalue weighted by molar-refractivity contribution is -0.154. The van der Waals surface area contributed by atoms with Crippen LogP contribution in [0.4, 0.5) is 0 Å². The topological polar surface area (TPSA) is 94.8 Å². The van der Waals surface area contributed by atoms with Crippen LogP contribution in [0, 0.1) is 6.92 Å². The van der Waals surface area contributed by atoms with Crippen molar-refractivity contribution in [1.82, 2.24) is 15.0 Å². The van der Waals surface area contributed by atoms with Crippen molar-refractivity contribution in [1.29, 1.82) is 0 Å². The van der Waals surface area contributed by atoms with Gasteiger partial charge in [0.05, 0.1) is 16.3 Å². The number of benzene rings is 1. The second kappa shape index (κ2) is 8.17. The average molecular weight is 389 g/mol. The van der Waals surface area contributed by atoms with E-state index in [1.807, 2.05) is 31.2 Å². The zero-order valence-electron chi connectivity index (χ0n) is 15.2. The van der Waals surface area contributed by atoms with Gasteiger partial charge in [-0.2, -0.15) is 0 Å². The number of amides is 1. The summed E-state index contributed by atoms with van der Waals surface area (Å²) in [6, 6.07) is 9.11. The highest BCUT2D eigenvalue weighted by Gasteiger charge is 2.22. The van der Waals surface area contributed by atoms with Gasteiger partial charge in [0.15, 0.2) is 13.2 Å². The normalized spacial score (nSPS) is 12.0. The van der Waals surface area contributed by atoms with E-state index in [9.17, 15) is 9.59 Å². The van der Waals surface area contributed by atoms with Gasteiger partial charge >= 0.3 is 5.97 Å². The van der Waals surface area contributed by atoms with Crippen molar-refractivity contribution in [2.24, 2.45) is 0 Å². The molecule has 2 aromatic heterocycles. The Kier molecular flexibility index (Phi) is 5.70. The average Bonchev–Trinajstić information content (AvgIpc) is 3.29. The third-order valence-electron chi connectivity index (χ3n) is 3.94. The number of carbonyl (C=O) groups is 2. The number of hydrogen-bond acceptors (Lipinski definition) is 8. The first-order chi connectivity index (χ1) is 12.9. The number of thiazole rings is 1. The minimum atomic E-state index is -0.662. The fraction of sp³-hybridized carbons (Fsp3) is 0.333. The van der Waals surface area contributed by atoms with Crippen molar-refractivity contribution >= 4 is 33.4 Å². The summed E-state index contributed by atoms with van der Waals surface area (Å²) >= 11 is 1.53. The predicted octanol–water partition coefficient (Wildman–Crippen LogP) is 2.73. The molecular formula is C18H19N3O5S. The molecule has 1 amide bonds. The van der Waals surface area contributed by atoms with Crippen molar-refractivity contribution in [2.75, 3.05) is 20.3 Å². The minimum absolute atomic E-state index is 0.192. The summed E-state index contributed by atoms with van der Waals surface area (Å²) in [4.78, 5) is 30.1. The van der Waals surface area contributed by atoms with Crippen LogP contribution < -0.4 is 4.74 Å². The third-order valence-corrected chi connectivity index (χ3v) is 5.15. The van der Waals surface area contributed by atoms with Gasteiger partial charge in [0.1, 0.15) is 10.8 Å². The van der Waals surface area contributed by atoms with E-state index in [-0.39, 0.29) is 31.0 Å². The molecule has 27 heavy (non-hydrogen) atoms. The molecule has 142 valence electrons.